The van der Waals surface area contributed by atoms with Crippen LogP contribution < -0.4 is 0 Å². The lowest BCUT2D eigenvalue weighted by Crippen LogP contribution is -2.59. The van der Waals surface area contributed by atoms with Crippen LogP contribution >= 0.6 is 0 Å². The normalized spacial score (nSPS) is 19.9. The van der Waals surface area contributed by atoms with Gasteiger partial charge < -0.3 is 39.4 Å². The fourth-order valence-electron chi connectivity index (χ4n) is 7.94. The Balaban J connectivity index is 2.19. The van der Waals surface area contributed by atoms with Crippen molar-refractivity contribution in [3.8, 4) is 0 Å². The molecule has 6 atom stereocenters. The van der Waals surface area contributed by atoms with Gasteiger partial charge in [0, 0.05) is 13.0 Å². The van der Waals surface area contributed by atoms with Crippen molar-refractivity contribution < 1.29 is 44.2 Å². The first kappa shape index (κ1) is 61.6. The van der Waals surface area contributed by atoms with E-state index in [4.69, 9.17) is 18.9 Å². The van der Waals surface area contributed by atoms with Gasteiger partial charge in [-0.1, -0.05) is 209 Å². The molecule has 0 spiro atoms. The first-order valence-electron chi connectivity index (χ1n) is 27.0. The number of hydrogen-bond donors (Lipinski definition) is 4. The molecule has 0 aliphatic carbocycles. The molecule has 4 N–H and O–H groups in total. The third-order valence-electron chi connectivity index (χ3n) is 12.1. The molecule has 0 aromatic carbocycles. The minimum atomic E-state index is -1.55. The maximum Gasteiger partial charge on any atom is 0.306 e. The molecule has 0 saturated carbocycles. The van der Waals surface area contributed by atoms with Gasteiger partial charge in [0.05, 0.1) is 19.8 Å². The molecule has 1 aliphatic heterocycles. The van der Waals surface area contributed by atoms with Gasteiger partial charge in [-0.05, 0) is 77.0 Å². The summed E-state index contributed by atoms with van der Waals surface area (Å²) in [5.74, 6) is -0.369. The van der Waals surface area contributed by atoms with Gasteiger partial charge in [0.2, 0.25) is 0 Å². The summed E-state index contributed by atoms with van der Waals surface area (Å²) >= 11 is 0. The first-order chi connectivity index (χ1) is 32.4. The largest absolute Gasteiger partial charge is 0.457 e. The van der Waals surface area contributed by atoms with Gasteiger partial charge in [-0.15, -0.1) is 0 Å². The van der Waals surface area contributed by atoms with Crippen molar-refractivity contribution in [3.05, 3.63) is 72.9 Å². The van der Waals surface area contributed by atoms with Crippen LogP contribution in [0.5, 0.6) is 0 Å². The van der Waals surface area contributed by atoms with Crippen molar-refractivity contribution in [2.24, 2.45) is 0 Å². The summed E-state index contributed by atoms with van der Waals surface area (Å²) < 4.78 is 22.8. The Kier molecular flexibility index (Phi) is 44.5. The summed E-state index contributed by atoms with van der Waals surface area (Å²) in [5.41, 5.74) is 0. The van der Waals surface area contributed by atoms with Crippen LogP contribution in [0.4, 0.5) is 0 Å². The highest BCUT2D eigenvalue weighted by Crippen LogP contribution is 2.23. The minimum Gasteiger partial charge on any atom is -0.457 e. The van der Waals surface area contributed by atoms with Gasteiger partial charge in [0.1, 0.15) is 30.5 Å². The zero-order chi connectivity index (χ0) is 47.8. The molecule has 0 aromatic rings. The third-order valence-corrected chi connectivity index (χ3v) is 12.1. The Morgan fingerprint density at radius 2 is 0.924 bits per heavy atom. The fraction of sp³-hybridized carbons (Fsp3) is 0.772. The molecule has 6 unspecified atom stereocenters. The highest BCUT2D eigenvalue weighted by molar-refractivity contribution is 5.69. The smallest absolute Gasteiger partial charge is 0.306 e. The summed E-state index contributed by atoms with van der Waals surface area (Å²) in [6.07, 6.45) is 56.7. The van der Waals surface area contributed by atoms with Crippen molar-refractivity contribution in [3.63, 3.8) is 0 Å². The number of rotatable bonds is 46. The van der Waals surface area contributed by atoms with Gasteiger partial charge in [-0.3, -0.25) is 4.79 Å². The zero-order valence-corrected chi connectivity index (χ0v) is 42.2. The highest BCUT2D eigenvalue weighted by atomic mass is 16.7. The summed E-state index contributed by atoms with van der Waals surface area (Å²) in [4.78, 5) is 12.8. The lowest BCUT2D eigenvalue weighted by molar-refractivity contribution is -0.305. The van der Waals surface area contributed by atoms with Gasteiger partial charge >= 0.3 is 5.97 Å². The van der Waals surface area contributed by atoms with Crippen LogP contribution in [-0.4, -0.2) is 89.6 Å². The topological polar surface area (TPSA) is 135 Å². The number of esters is 1. The van der Waals surface area contributed by atoms with Crippen LogP contribution in [0.2, 0.25) is 0 Å². The van der Waals surface area contributed by atoms with E-state index < -0.39 is 43.4 Å². The van der Waals surface area contributed by atoms with E-state index in [9.17, 15) is 25.2 Å². The Labute approximate surface area is 404 Å². The Morgan fingerprint density at radius 3 is 1.41 bits per heavy atom. The molecule has 66 heavy (non-hydrogen) atoms. The average Bonchev–Trinajstić information content (AvgIpc) is 3.32. The number of hydrogen-bond acceptors (Lipinski definition) is 9. The second-order valence-electron chi connectivity index (χ2n) is 18.3. The number of aliphatic hydroxyl groups excluding tert-OH is 4. The molecule has 1 fully saturated rings. The number of unbranched alkanes of at least 4 members (excludes halogenated alkanes) is 23. The summed E-state index contributed by atoms with van der Waals surface area (Å²) in [7, 11) is 0. The Morgan fingerprint density at radius 1 is 0.500 bits per heavy atom. The van der Waals surface area contributed by atoms with E-state index in [0.717, 1.165) is 51.4 Å². The van der Waals surface area contributed by atoms with Crippen LogP contribution in [0, 0.1) is 0 Å². The first-order valence-corrected chi connectivity index (χ1v) is 27.0. The van der Waals surface area contributed by atoms with Crippen LogP contribution in [0.3, 0.4) is 0 Å². The van der Waals surface area contributed by atoms with E-state index in [1.54, 1.807) is 0 Å². The second-order valence-corrected chi connectivity index (χ2v) is 18.3. The van der Waals surface area contributed by atoms with Crippen molar-refractivity contribution in [2.75, 3.05) is 26.4 Å². The van der Waals surface area contributed by atoms with Crippen LogP contribution in [0.25, 0.3) is 0 Å². The Bertz CT molecular complexity index is 1240. The standard InChI is InChI=1S/C57H100O9/c1-3-5-7-9-11-13-15-17-19-21-22-23-24-25-26-27-28-29-31-33-35-37-39-41-43-45-47-63-49-51(50-64-57-56(62)55(61)54(60)52(48-58)66-57)65-53(59)46-44-42-40-38-36-34-32-30-20-18-16-14-12-10-8-6-4-2/h6,8,12,14,18,20-22,32,34,38,40,51-52,54-58,60-62H,3-5,7,9-11,13,15-17,19,23-31,33,35-37,39,41-50H2,1-2H3/b8-6-,14-12-,20-18-,22-21-,34-32-,40-38-. The minimum absolute atomic E-state index is 0.120. The lowest BCUT2D eigenvalue weighted by atomic mass is 9.99. The predicted octanol–water partition coefficient (Wildman–Crippen LogP) is 13.6. The summed E-state index contributed by atoms with van der Waals surface area (Å²) in [6.45, 7) is 4.39. The molecule has 9 nitrogen and oxygen atoms in total. The number of carbonyl (C=O) groups excluding carboxylic acids is 1. The number of carbonyl (C=O) groups is 1. The van der Waals surface area contributed by atoms with Crippen molar-refractivity contribution >= 4 is 5.97 Å². The number of aliphatic hydroxyl groups is 4. The van der Waals surface area contributed by atoms with Crippen molar-refractivity contribution in [2.45, 2.75) is 256 Å². The molecule has 1 heterocycles. The number of allylic oxidation sites excluding steroid dienone is 12. The maximum absolute atomic E-state index is 12.8. The van der Waals surface area contributed by atoms with Crippen molar-refractivity contribution in [1.82, 2.24) is 0 Å². The molecule has 9 heteroatoms. The predicted molar refractivity (Wildman–Crippen MR) is 274 cm³/mol. The van der Waals surface area contributed by atoms with Gasteiger partial charge in [0.25, 0.3) is 0 Å². The molecule has 0 aromatic heterocycles. The molecule has 382 valence electrons. The molecule has 1 aliphatic rings. The highest BCUT2D eigenvalue weighted by Gasteiger charge is 2.44. The monoisotopic (exact) mass is 929 g/mol. The third kappa shape index (κ3) is 37.6. The summed E-state index contributed by atoms with van der Waals surface area (Å²) in [5, 5.41) is 40.3. The van der Waals surface area contributed by atoms with E-state index in [2.05, 4.69) is 86.8 Å². The lowest BCUT2D eigenvalue weighted by Gasteiger charge is -2.39. The van der Waals surface area contributed by atoms with E-state index in [1.165, 1.54) is 141 Å². The SMILES string of the molecule is CC/C=C\C/C=C\C/C=C\C/C=C\C/C=C\CCCC(=O)OC(COCCCCCCCCCCCCCCCC/C=C\CCCCCCCCCC)COC1OC(CO)C(O)C(O)C1O. The molecular weight excluding hydrogens is 829 g/mol. The van der Waals surface area contributed by atoms with Crippen LogP contribution in [0.1, 0.15) is 219 Å². The average molecular weight is 929 g/mol. The van der Waals surface area contributed by atoms with E-state index in [-0.39, 0.29) is 25.6 Å². The van der Waals surface area contributed by atoms with Crippen LogP contribution in [0.15, 0.2) is 72.9 Å². The van der Waals surface area contributed by atoms with Gasteiger partial charge in [-0.25, -0.2) is 0 Å². The molecular formula is C57H100O9. The molecule has 0 amide bonds. The molecule has 0 bridgehead atoms. The summed E-state index contributed by atoms with van der Waals surface area (Å²) in [6, 6.07) is 0. The number of ether oxygens (including phenoxy) is 4. The quantitative estimate of drug-likeness (QED) is 0.0267. The van der Waals surface area contributed by atoms with E-state index >= 15 is 0 Å². The maximum atomic E-state index is 12.8. The molecule has 1 saturated heterocycles. The van der Waals surface area contributed by atoms with Crippen LogP contribution in [-0.2, 0) is 23.7 Å². The van der Waals surface area contributed by atoms with Gasteiger partial charge in [0.15, 0.2) is 6.29 Å². The van der Waals surface area contributed by atoms with E-state index in [0.29, 0.717) is 13.0 Å². The molecule has 0 radical (unpaired) electrons. The fourth-order valence-corrected chi connectivity index (χ4v) is 7.94. The Hall–Kier alpha value is -2.37. The zero-order valence-electron chi connectivity index (χ0n) is 42.2. The second kappa shape index (κ2) is 47.7. The molecule has 1 rings (SSSR count). The van der Waals surface area contributed by atoms with Gasteiger partial charge in [-0.2, -0.15) is 0 Å². The van der Waals surface area contributed by atoms with Crippen molar-refractivity contribution in [1.29, 1.82) is 0 Å². The van der Waals surface area contributed by atoms with E-state index in [1.807, 2.05) is 0 Å².